The van der Waals surface area contributed by atoms with E-state index in [4.69, 9.17) is 16.3 Å². The summed E-state index contributed by atoms with van der Waals surface area (Å²) in [7, 11) is 0. The van der Waals surface area contributed by atoms with Gasteiger partial charge in [0.05, 0.1) is 0 Å². The quantitative estimate of drug-likeness (QED) is 0.687. The molecule has 1 aromatic heterocycles. The highest BCUT2D eigenvalue weighted by atomic mass is 35.5. The molecule has 3 heterocycles. The molecule has 1 fully saturated rings. The maximum Gasteiger partial charge on any atom is 0.267 e. The molecular weight excluding hydrogens is 400 g/mol. The van der Waals surface area contributed by atoms with Crippen molar-refractivity contribution in [1.29, 1.82) is 0 Å². The van der Waals surface area contributed by atoms with Crippen molar-refractivity contribution in [3.05, 3.63) is 51.4 Å². The predicted molar refractivity (Wildman–Crippen MR) is 109 cm³/mol. The molecule has 0 N–H and O–H groups in total. The molecule has 0 bridgehead atoms. The van der Waals surface area contributed by atoms with Crippen LogP contribution in [0.1, 0.15) is 10.4 Å². The van der Waals surface area contributed by atoms with Gasteiger partial charge in [0.2, 0.25) is 0 Å². The van der Waals surface area contributed by atoms with E-state index in [9.17, 15) is 9.59 Å². The van der Waals surface area contributed by atoms with Gasteiger partial charge in [-0.25, -0.2) is 4.98 Å². The molecule has 1 amide bonds. The van der Waals surface area contributed by atoms with Gasteiger partial charge in [-0.1, -0.05) is 23.4 Å². The first-order valence-electron chi connectivity index (χ1n) is 9.24. The van der Waals surface area contributed by atoms with Crippen molar-refractivity contribution < 1.29 is 9.53 Å². The van der Waals surface area contributed by atoms with Gasteiger partial charge >= 0.3 is 0 Å². The lowest BCUT2D eigenvalue weighted by Crippen LogP contribution is -2.50. The van der Waals surface area contributed by atoms with Crippen LogP contribution in [0.4, 0.5) is 0 Å². The number of hydrogen-bond acceptors (Lipinski definition) is 6. The van der Waals surface area contributed by atoms with Crippen molar-refractivity contribution in [3.63, 3.8) is 0 Å². The van der Waals surface area contributed by atoms with E-state index in [-0.39, 0.29) is 17.0 Å². The molecule has 2 aromatic rings. The van der Waals surface area contributed by atoms with E-state index in [2.05, 4.69) is 9.88 Å². The lowest BCUT2D eigenvalue weighted by atomic mass is 10.2. The van der Waals surface area contributed by atoms with Crippen molar-refractivity contribution in [1.82, 2.24) is 19.4 Å². The van der Waals surface area contributed by atoms with Crippen molar-refractivity contribution >= 4 is 29.3 Å². The maximum absolute atomic E-state index is 12.8. The van der Waals surface area contributed by atoms with Crippen LogP contribution >= 0.6 is 23.4 Å². The van der Waals surface area contributed by atoms with E-state index in [1.807, 2.05) is 12.1 Å². The average molecular weight is 421 g/mol. The lowest BCUT2D eigenvalue weighted by Gasteiger charge is -2.34. The van der Waals surface area contributed by atoms with Crippen molar-refractivity contribution in [2.75, 3.05) is 45.1 Å². The minimum Gasteiger partial charge on any atom is -0.492 e. The van der Waals surface area contributed by atoms with Crippen molar-refractivity contribution in [2.45, 2.75) is 11.7 Å². The average Bonchev–Trinajstić information content (AvgIpc) is 3.20. The molecule has 9 heteroatoms. The highest BCUT2D eigenvalue weighted by Gasteiger charge is 2.26. The molecule has 2 aliphatic heterocycles. The molecule has 0 unspecified atom stereocenters. The van der Waals surface area contributed by atoms with Gasteiger partial charge in [0.15, 0.2) is 5.16 Å². The molecular formula is C19H21ClN4O3S. The van der Waals surface area contributed by atoms with Gasteiger partial charge in [-0.3, -0.25) is 19.1 Å². The Morgan fingerprint density at radius 2 is 1.89 bits per heavy atom. The zero-order valence-corrected chi connectivity index (χ0v) is 16.9. The molecule has 0 aliphatic carbocycles. The molecule has 0 atom stereocenters. The summed E-state index contributed by atoms with van der Waals surface area (Å²) >= 11 is 7.41. The van der Waals surface area contributed by atoms with Crippen LogP contribution in [-0.2, 0) is 6.54 Å². The third-order valence-corrected chi connectivity index (χ3v) is 6.16. The number of amides is 1. The highest BCUT2D eigenvalue weighted by Crippen LogP contribution is 2.21. The lowest BCUT2D eigenvalue weighted by molar-refractivity contribution is 0.0617. The Kier molecular flexibility index (Phi) is 5.89. The number of carbonyl (C=O) groups excluding carboxylic acids is 1. The molecule has 1 aromatic carbocycles. The molecule has 148 valence electrons. The third kappa shape index (κ3) is 4.19. The van der Waals surface area contributed by atoms with Crippen LogP contribution in [0.25, 0.3) is 0 Å². The van der Waals surface area contributed by atoms with Gasteiger partial charge in [0, 0.05) is 56.2 Å². The van der Waals surface area contributed by atoms with Crippen LogP contribution < -0.4 is 10.3 Å². The van der Waals surface area contributed by atoms with Gasteiger partial charge in [-0.2, -0.15) is 0 Å². The van der Waals surface area contributed by atoms with E-state index >= 15 is 0 Å². The molecule has 0 spiro atoms. The minimum atomic E-state index is -0.223. The van der Waals surface area contributed by atoms with Gasteiger partial charge in [0.25, 0.3) is 11.5 Å². The summed E-state index contributed by atoms with van der Waals surface area (Å²) in [6.45, 7) is 4.67. The van der Waals surface area contributed by atoms with Crippen molar-refractivity contribution in [2.24, 2.45) is 0 Å². The van der Waals surface area contributed by atoms with Crippen LogP contribution in [0.3, 0.4) is 0 Å². The molecule has 28 heavy (non-hydrogen) atoms. The number of ether oxygens (including phenoxy) is 1. The number of benzene rings is 1. The molecule has 0 saturated carbocycles. The van der Waals surface area contributed by atoms with Gasteiger partial charge in [-0.15, -0.1) is 0 Å². The van der Waals surface area contributed by atoms with Crippen LogP contribution in [0.15, 0.2) is 40.4 Å². The molecule has 2 aliphatic rings. The summed E-state index contributed by atoms with van der Waals surface area (Å²) in [5, 5.41) is 1.39. The monoisotopic (exact) mass is 420 g/mol. The van der Waals surface area contributed by atoms with Crippen molar-refractivity contribution in [3.8, 4) is 5.75 Å². The van der Waals surface area contributed by atoms with E-state index < -0.39 is 0 Å². The normalized spacial score (nSPS) is 16.8. The van der Waals surface area contributed by atoms with Gasteiger partial charge in [-0.05, 0) is 24.3 Å². The number of nitrogens with zero attached hydrogens (tertiary/aromatic N) is 4. The van der Waals surface area contributed by atoms with E-state index in [1.165, 1.54) is 6.20 Å². The second-order valence-electron chi connectivity index (χ2n) is 6.70. The number of piperazine rings is 1. The predicted octanol–water partition coefficient (Wildman–Crippen LogP) is 1.84. The molecule has 7 nitrogen and oxygen atoms in total. The molecule has 0 radical (unpaired) electrons. The van der Waals surface area contributed by atoms with Crippen LogP contribution in [0.5, 0.6) is 5.75 Å². The first-order valence-corrected chi connectivity index (χ1v) is 10.6. The Hall–Kier alpha value is -2.03. The fourth-order valence-electron chi connectivity index (χ4n) is 3.33. The van der Waals surface area contributed by atoms with Crippen LogP contribution in [0, 0.1) is 0 Å². The summed E-state index contributed by atoms with van der Waals surface area (Å²) in [5.41, 5.74) is -0.0513. The first kappa shape index (κ1) is 19.3. The summed E-state index contributed by atoms with van der Waals surface area (Å²) < 4.78 is 7.33. The number of carbonyl (C=O) groups is 1. The fraction of sp³-hybridized carbons (Fsp3) is 0.421. The smallest absolute Gasteiger partial charge is 0.267 e. The van der Waals surface area contributed by atoms with Gasteiger partial charge < -0.3 is 9.64 Å². The third-order valence-electron chi connectivity index (χ3n) is 4.94. The zero-order valence-electron chi connectivity index (χ0n) is 15.3. The standard InChI is InChI=1S/C19H21ClN4O3S/c20-14-1-3-15(4-2-14)27-11-9-22-5-7-23(8-6-22)17(25)16-13-21-19-24(18(16)26)10-12-28-19/h1-4,13H,5-12H2. The Labute approximate surface area is 172 Å². The number of hydrogen-bond donors (Lipinski definition) is 0. The summed E-state index contributed by atoms with van der Waals surface area (Å²) in [6.07, 6.45) is 1.43. The first-order chi connectivity index (χ1) is 13.6. The highest BCUT2D eigenvalue weighted by molar-refractivity contribution is 7.99. The maximum atomic E-state index is 12.8. The number of thioether (sulfide) groups is 1. The number of halogens is 1. The minimum absolute atomic E-state index is 0.172. The largest absolute Gasteiger partial charge is 0.492 e. The SMILES string of the molecule is O=C(c1cnc2n(c1=O)CCS2)N1CCN(CCOc2ccc(Cl)cc2)CC1. The fourth-order valence-corrected chi connectivity index (χ4v) is 4.37. The summed E-state index contributed by atoms with van der Waals surface area (Å²) in [6, 6.07) is 7.30. The van der Waals surface area contributed by atoms with E-state index in [1.54, 1.807) is 33.4 Å². The summed E-state index contributed by atoms with van der Waals surface area (Å²) in [5.74, 6) is 1.40. The Morgan fingerprint density at radius 3 is 2.64 bits per heavy atom. The van der Waals surface area contributed by atoms with Gasteiger partial charge in [0.1, 0.15) is 17.9 Å². The summed E-state index contributed by atoms with van der Waals surface area (Å²) in [4.78, 5) is 33.6. The molecule has 1 saturated heterocycles. The second kappa shape index (κ2) is 8.55. The second-order valence-corrected chi connectivity index (χ2v) is 8.19. The van der Waals surface area contributed by atoms with Crippen LogP contribution in [-0.4, -0.2) is 70.3 Å². The number of rotatable bonds is 5. The van der Waals surface area contributed by atoms with E-state index in [0.717, 1.165) is 31.1 Å². The zero-order chi connectivity index (χ0) is 19.5. The van der Waals surface area contributed by atoms with E-state index in [0.29, 0.717) is 36.4 Å². The Balaban J connectivity index is 1.28. The Morgan fingerprint density at radius 1 is 1.14 bits per heavy atom. The van der Waals surface area contributed by atoms with Crippen LogP contribution in [0.2, 0.25) is 5.02 Å². The topological polar surface area (TPSA) is 67.7 Å². The molecule has 4 rings (SSSR count). The number of fused-ring (bicyclic) bond motifs is 1. The number of aromatic nitrogens is 2. The Bertz CT molecular complexity index is 910.